The number of pyridine rings is 1. The molecule has 100 valence electrons. The van der Waals surface area contributed by atoms with Crippen molar-refractivity contribution < 1.29 is 9.59 Å². The fourth-order valence-electron chi connectivity index (χ4n) is 2.28. The Morgan fingerprint density at radius 2 is 2.11 bits per heavy atom. The molecule has 1 aliphatic heterocycles. The molecule has 0 bridgehead atoms. The van der Waals surface area contributed by atoms with Crippen LogP contribution in [0.25, 0.3) is 0 Å². The van der Waals surface area contributed by atoms with Crippen molar-refractivity contribution in [3.8, 4) is 0 Å². The molecule has 5 nitrogen and oxygen atoms in total. The summed E-state index contributed by atoms with van der Waals surface area (Å²) in [4.78, 5) is 29.7. The van der Waals surface area contributed by atoms with Gasteiger partial charge in [-0.05, 0) is 47.8 Å². The van der Waals surface area contributed by atoms with Gasteiger partial charge in [-0.2, -0.15) is 0 Å². The van der Waals surface area contributed by atoms with Gasteiger partial charge in [0.1, 0.15) is 11.9 Å². The molecular formula is C13H14BrN3O2. The molecule has 1 aromatic heterocycles. The molecular weight excluding hydrogens is 310 g/mol. The van der Waals surface area contributed by atoms with Crippen molar-refractivity contribution in [3.63, 3.8) is 0 Å². The van der Waals surface area contributed by atoms with Crippen LogP contribution in [0.3, 0.4) is 0 Å². The number of carbonyl (C=O) groups is 2. The van der Waals surface area contributed by atoms with E-state index in [1.54, 1.807) is 6.07 Å². The summed E-state index contributed by atoms with van der Waals surface area (Å²) >= 11 is 3.38. The van der Waals surface area contributed by atoms with Crippen LogP contribution in [0.15, 0.2) is 16.6 Å². The fourth-order valence-corrected chi connectivity index (χ4v) is 2.50. The van der Waals surface area contributed by atoms with Gasteiger partial charge in [-0.15, -0.1) is 0 Å². The summed E-state index contributed by atoms with van der Waals surface area (Å²) < 4.78 is 0.923. The molecule has 6 heteroatoms. The summed E-state index contributed by atoms with van der Waals surface area (Å²) in [6.45, 7) is 1.88. The van der Waals surface area contributed by atoms with Crippen LogP contribution in [0.5, 0.6) is 0 Å². The van der Waals surface area contributed by atoms with Gasteiger partial charge in [0.15, 0.2) is 0 Å². The lowest BCUT2D eigenvalue weighted by molar-refractivity contribution is -0.139. The number of carbonyl (C=O) groups excluding carboxylic acids is 2. The van der Waals surface area contributed by atoms with Crippen LogP contribution in [0.4, 0.5) is 5.82 Å². The second-order valence-electron chi connectivity index (χ2n) is 5.00. The van der Waals surface area contributed by atoms with Gasteiger partial charge >= 0.3 is 0 Å². The van der Waals surface area contributed by atoms with Crippen molar-refractivity contribution in [1.29, 1.82) is 0 Å². The predicted molar refractivity (Wildman–Crippen MR) is 73.6 cm³/mol. The minimum atomic E-state index is -0.471. The lowest BCUT2D eigenvalue weighted by atomic mass is 10.2. The van der Waals surface area contributed by atoms with E-state index in [1.807, 2.05) is 13.0 Å². The van der Waals surface area contributed by atoms with Gasteiger partial charge in [0.05, 0.1) is 12.1 Å². The molecule has 1 saturated carbocycles. The van der Waals surface area contributed by atoms with E-state index >= 15 is 0 Å². The van der Waals surface area contributed by atoms with Gasteiger partial charge < -0.3 is 5.32 Å². The topological polar surface area (TPSA) is 62.3 Å². The Hall–Kier alpha value is -1.43. The third-order valence-electron chi connectivity index (χ3n) is 3.44. The first-order valence-corrected chi connectivity index (χ1v) is 7.11. The van der Waals surface area contributed by atoms with E-state index in [1.165, 1.54) is 4.90 Å². The van der Waals surface area contributed by atoms with Crippen LogP contribution in [-0.4, -0.2) is 33.8 Å². The third kappa shape index (κ3) is 2.36. The van der Waals surface area contributed by atoms with E-state index in [4.69, 9.17) is 0 Å². The first-order valence-electron chi connectivity index (χ1n) is 6.32. The molecule has 0 radical (unpaired) electrons. The van der Waals surface area contributed by atoms with E-state index in [9.17, 15) is 9.59 Å². The molecule has 2 amide bonds. The minimum absolute atomic E-state index is 0.0705. The molecule has 1 atom stereocenters. The number of nitrogens with zero attached hydrogens (tertiary/aromatic N) is 2. The number of nitrogens with one attached hydrogen (secondary N) is 1. The summed E-state index contributed by atoms with van der Waals surface area (Å²) in [6.07, 6.45) is 2.12. The highest BCUT2D eigenvalue weighted by Crippen LogP contribution is 2.32. The largest absolute Gasteiger partial charge is 0.358 e. The summed E-state index contributed by atoms with van der Waals surface area (Å²) in [5.41, 5.74) is 0.848. The van der Waals surface area contributed by atoms with Gasteiger partial charge in [0.25, 0.3) is 5.91 Å². The van der Waals surface area contributed by atoms with Gasteiger partial charge in [0.2, 0.25) is 5.91 Å². The van der Waals surface area contributed by atoms with Crippen molar-refractivity contribution in [2.45, 2.75) is 38.3 Å². The fraction of sp³-hybridized carbons (Fsp3) is 0.462. The standard InChI is InChI=1S/C13H14BrN3O2/c1-7-9(14)4-5-11(15-7)16-10-6-12(18)17(13(10)19)8-2-3-8/h4-5,8,10H,2-3,6H2,1H3,(H,15,16). The van der Waals surface area contributed by atoms with Gasteiger partial charge in [-0.3, -0.25) is 14.5 Å². The lowest BCUT2D eigenvalue weighted by Gasteiger charge is -2.15. The second kappa shape index (κ2) is 4.59. The minimum Gasteiger partial charge on any atom is -0.358 e. The monoisotopic (exact) mass is 323 g/mol. The van der Waals surface area contributed by atoms with Gasteiger partial charge in [-0.25, -0.2) is 4.98 Å². The maximum atomic E-state index is 12.2. The molecule has 2 heterocycles. The Labute approximate surface area is 119 Å². The Morgan fingerprint density at radius 3 is 2.74 bits per heavy atom. The molecule has 2 fully saturated rings. The van der Waals surface area contributed by atoms with Crippen molar-refractivity contribution in [1.82, 2.24) is 9.88 Å². The number of aryl methyl sites for hydroxylation is 1. The van der Waals surface area contributed by atoms with Gasteiger partial charge in [-0.1, -0.05) is 0 Å². The zero-order valence-corrected chi connectivity index (χ0v) is 12.1. The Kier molecular flexibility index (Phi) is 3.05. The zero-order chi connectivity index (χ0) is 13.6. The molecule has 0 aromatic carbocycles. The number of rotatable bonds is 3. The molecule has 1 aromatic rings. The van der Waals surface area contributed by atoms with Crippen molar-refractivity contribution >= 4 is 33.6 Å². The van der Waals surface area contributed by atoms with Crippen LogP contribution in [-0.2, 0) is 9.59 Å². The number of hydrogen-bond donors (Lipinski definition) is 1. The summed E-state index contributed by atoms with van der Waals surface area (Å²) in [6, 6.07) is 3.35. The van der Waals surface area contributed by atoms with E-state index in [0.29, 0.717) is 5.82 Å². The van der Waals surface area contributed by atoms with E-state index in [-0.39, 0.29) is 24.3 Å². The average molecular weight is 324 g/mol. The highest BCUT2D eigenvalue weighted by Gasteiger charge is 2.46. The molecule has 2 aliphatic rings. The highest BCUT2D eigenvalue weighted by atomic mass is 79.9. The average Bonchev–Trinajstić information content (AvgIpc) is 3.13. The molecule has 1 aliphatic carbocycles. The van der Waals surface area contributed by atoms with Crippen molar-refractivity contribution in [2.75, 3.05) is 5.32 Å². The van der Waals surface area contributed by atoms with E-state index in [0.717, 1.165) is 23.0 Å². The predicted octanol–water partition coefficient (Wildman–Crippen LogP) is 1.85. The molecule has 19 heavy (non-hydrogen) atoms. The maximum absolute atomic E-state index is 12.2. The van der Waals surface area contributed by atoms with Crippen LogP contribution >= 0.6 is 15.9 Å². The molecule has 0 spiro atoms. The molecule has 1 saturated heterocycles. The van der Waals surface area contributed by atoms with Crippen LogP contribution in [0.1, 0.15) is 25.0 Å². The third-order valence-corrected chi connectivity index (χ3v) is 4.28. The van der Waals surface area contributed by atoms with E-state index in [2.05, 4.69) is 26.2 Å². The van der Waals surface area contributed by atoms with E-state index < -0.39 is 6.04 Å². The number of amides is 2. The summed E-state index contributed by atoms with van der Waals surface area (Å²) in [5, 5.41) is 3.06. The number of hydrogen-bond acceptors (Lipinski definition) is 4. The summed E-state index contributed by atoms with van der Waals surface area (Å²) in [7, 11) is 0. The Morgan fingerprint density at radius 1 is 1.37 bits per heavy atom. The Balaban J connectivity index is 1.74. The second-order valence-corrected chi connectivity index (χ2v) is 5.85. The normalized spacial score (nSPS) is 23.1. The quantitative estimate of drug-likeness (QED) is 0.862. The lowest BCUT2D eigenvalue weighted by Crippen LogP contribution is -2.36. The maximum Gasteiger partial charge on any atom is 0.252 e. The number of imide groups is 1. The smallest absolute Gasteiger partial charge is 0.252 e. The van der Waals surface area contributed by atoms with Crippen molar-refractivity contribution in [2.24, 2.45) is 0 Å². The molecule has 3 rings (SSSR count). The van der Waals surface area contributed by atoms with Crippen LogP contribution < -0.4 is 5.32 Å². The highest BCUT2D eigenvalue weighted by molar-refractivity contribution is 9.10. The van der Waals surface area contributed by atoms with Crippen LogP contribution in [0, 0.1) is 6.92 Å². The van der Waals surface area contributed by atoms with Crippen molar-refractivity contribution in [3.05, 3.63) is 22.3 Å². The number of halogens is 1. The summed E-state index contributed by atoms with van der Waals surface area (Å²) in [5.74, 6) is 0.443. The number of anilines is 1. The first kappa shape index (κ1) is 12.6. The molecule has 1 N–H and O–H groups in total. The van der Waals surface area contributed by atoms with Gasteiger partial charge in [0, 0.05) is 10.5 Å². The Bertz CT molecular complexity index is 557. The first-order chi connectivity index (χ1) is 9.06. The zero-order valence-electron chi connectivity index (χ0n) is 10.5. The van der Waals surface area contributed by atoms with Crippen LogP contribution in [0.2, 0.25) is 0 Å². The number of aromatic nitrogens is 1. The SMILES string of the molecule is Cc1nc(NC2CC(=O)N(C3CC3)C2=O)ccc1Br. The number of likely N-dealkylation sites (tertiary alicyclic amines) is 1. The molecule has 1 unspecified atom stereocenters.